The number of halogens is 2. The molecule has 0 atom stereocenters. The first-order valence-corrected chi connectivity index (χ1v) is 5.13. The zero-order chi connectivity index (χ0) is 12.3. The zero-order valence-corrected chi connectivity index (χ0v) is 9.60. The standard InChI is InChI=1S/C12H15F2NO/c1-4-12(2,3)11(16)15-10-7-8(13)5-6-9(10)14/h5-7H,4H2,1-3H3,(H,15,16). The molecule has 88 valence electrons. The van der Waals surface area contributed by atoms with E-state index in [1.54, 1.807) is 13.8 Å². The highest BCUT2D eigenvalue weighted by Crippen LogP contribution is 2.23. The number of amides is 1. The van der Waals surface area contributed by atoms with Crippen molar-refractivity contribution in [2.75, 3.05) is 5.32 Å². The van der Waals surface area contributed by atoms with Gasteiger partial charge in [0.25, 0.3) is 0 Å². The van der Waals surface area contributed by atoms with Gasteiger partial charge in [-0.25, -0.2) is 8.78 Å². The second-order valence-corrected chi connectivity index (χ2v) is 4.32. The fourth-order valence-corrected chi connectivity index (χ4v) is 1.05. The number of benzene rings is 1. The Morgan fingerprint density at radius 2 is 2.00 bits per heavy atom. The molecule has 0 radical (unpaired) electrons. The lowest BCUT2D eigenvalue weighted by atomic mass is 9.89. The van der Waals surface area contributed by atoms with E-state index in [9.17, 15) is 13.6 Å². The molecular weight excluding hydrogens is 212 g/mol. The summed E-state index contributed by atoms with van der Waals surface area (Å²) in [6, 6.07) is 2.97. The zero-order valence-electron chi connectivity index (χ0n) is 9.60. The molecular formula is C12H15F2NO. The summed E-state index contributed by atoms with van der Waals surface area (Å²) in [5, 5.41) is 2.39. The van der Waals surface area contributed by atoms with Gasteiger partial charge in [-0.05, 0) is 18.6 Å². The first kappa shape index (κ1) is 12.6. The maximum absolute atomic E-state index is 13.2. The molecule has 0 spiro atoms. The molecule has 0 saturated heterocycles. The van der Waals surface area contributed by atoms with Crippen molar-refractivity contribution in [1.29, 1.82) is 0 Å². The molecule has 16 heavy (non-hydrogen) atoms. The Bertz CT molecular complexity index is 402. The van der Waals surface area contributed by atoms with Gasteiger partial charge in [0.05, 0.1) is 5.69 Å². The predicted octanol–water partition coefficient (Wildman–Crippen LogP) is 3.34. The van der Waals surface area contributed by atoms with Crippen LogP contribution in [0.1, 0.15) is 27.2 Å². The van der Waals surface area contributed by atoms with E-state index < -0.39 is 17.0 Å². The molecule has 2 nitrogen and oxygen atoms in total. The fraction of sp³-hybridized carbons (Fsp3) is 0.417. The minimum atomic E-state index is -0.637. The molecule has 1 rings (SSSR count). The monoisotopic (exact) mass is 227 g/mol. The van der Waals surface area contributed by atoms with Crippen molar-refractivity contribution in [2.24, 2.45) is 5.41 Å². The second kappa shape index (κ2) is 4.60. The highest BCUT2D eigenvalue weighted by Gasteiger charge is 2.25. The number of anilines is 1. The van der Waals surface area contributed by atoms with E-state index in [0.717, 1.165) is 18.2 Å². The van der Waals surface area contributed by atoms with Crippen molar-refractivity contribution < 1.29 is 13.6 Å². The average molecular weight is 227 g/mol. The number of hydrogen-bond donors (Lipinski definition) is 1. The van der Waals surface area contributed by atoms with E-state index in [1.165, 1.54) is 0 Å². The normalized spacial score (nSPS) is 11.3. The minimum absolute atomic E-state index is 0.119. The van der Waals surface area contributed by atoms with Crippen molar-refractivity contribution in [3.05, 3.63) is 29.8 Å². The van der Waals surface area contributed by atoms with Crippen LogP contribution >= 0.6 is 0 Å². The molecule has 0 unspecified atom stereocenters. The topological polar surface area (TPSA) is 29.1 Å². The van der Waals surface area contributed by atoms with Crippen LogP contribution in [0.3, 0.4) is 0 Å². The van der Waals surface area contributed by atoms with Gasteiger partial charge >= 0.3 is 0 Å². The Labute approximate surface area is 93.7 Å². The Morgan fingerprint density at radius 3 is 2.56 bits per heavy atom. The van der Waals surface area contributed by atoms with E-state index in [4.69, 9.17) is 0 Å². The Kier molecular flexibility index (Phi) is 3.62. The first-order valence-electron chi connectivity index (χ1n) is 5.13. The summed E-state index contributed by atoms with van der Waals surface area (Å²) in [4.78, 5) is 11.7. The van der Waals surface area contributed by atoms with Gasteiger partial charge in [-0.1, -0.05) is 20.8 Å². The molecule has 0 fully saturated rings. The van der Waals surface area contributed by atoms with Crippen LogP contribution in [-0.2, 0) is 4.79 Å². The van der Waals surface area contributed by atoms with Crippen molar-refractivity contribution in [2.45, 2.75) is 27.2 Å². The molecule has 0 saturated carbocycles. The average Bonchev–Trinajstić information content (AvgIpc) is 2.23. The summed E-state index contributed by atoms with van der Waals surface area (Å²) < 4.78 is 26.1. The molecule has 0 aliphatic carbocycles. The van der Waals surface area contributed by atoms with Crippen LogP contribution in [-0.4, -0.2) is 5.91 Å². The summed E-state index contributed by atoms with van der Waals surface area (Å²) in [7, 11) is 0. The molecule has 1 N–H and O–H groups in total. The Morgan fingerprint density at radius 1 is 1.38 bits per heavy atom. The van der Waals surface area contributed by atoms with Gasteiger partial charge in [0.1, 0.15) is 11.6 Å². The smallest absolute Gasteiger partial charge is 0.230 e. The van der Waals surface area contributed by atoms with E-state index >= 15 is 0 Å². The van der Waals surface area contributed by atoms with Crippen LogP contribution < -0.4 is 5.32 Å². The van der Waals surface area contributed by atoms with Gasteiger partial charge in [-0.15, -0.1) is 0 Å². The number of nitrogens with one attached hydrogen (secondary N) is 1. The first-order chi connectivity index (χ1) is 7.36. The highest BCUT2D eigenvalue weighted by molar-refractivity contribution is 5.94. The lowest BCUT2D eigenvalue weighted by Crippen LogP contribution is -2.30. The van der Waals surface area contributed by atoms with Crippen molar-refractivity contribution in [3.63, 3.8) is 0 Å². The molecule has 1 aromatic carbocycles. The van der Waals surface area contributed by atoms with E-state index in [-0.39, 0.29) is 11.6 Å². The number of rotatable bonds is 3. The third-order valence-corrected chi connectivity index (χ3v) is 2.68. The number of carbonyl (C=O) groups excluding carboxylic acids is 1. The summed E-state index contributed by atoms with van der Waals surface area (Å²) in [6.45, 7) is 5.36. The van der Waals surface area contributed by atoms with Gasteiger partial charge in [0.15, 0.2) is 0 Å². The summed E-state index contributed by atoms with van der Waals surface area (Å²) in [5.74, 6) is -1.54. The number of hydrogen-bond acceptors (Lipinski definition) is 1. The maximum atomic E-state index is 13.2. The molecule has 0 heterocycles. The largest absolute Gasteiger partial charge is 0.323 e. The Balaban J connectivity index is 2.89. The van der Waals surface area contributed by atoms with Gasteiger partial charge in [-0.3, -0.25) is 4.79 Å². The van der Waals surface area contributed by atoms with E-state index in [0.29, 0.717) is 6.42 Å². The van der Waals surface area contributed by atoms with Crippen molar-refractivity contribution in [1.82, 2.24) is 0 Å². The Hall–Kier alpha value is -1.45. The third kappa shape index (κ3) is 2.78. The van der Waals surface area contributed by atoms with Crippen LogP contribution in [0.15, 0.2) is 18.2 Å². The SMILES string of the molecule is CCC(C)(C)C(=O)Nc1cc(F)ccc1F. The molecule has 4 heteroatoms. The number of carbonyl (C=O) groups is 1. The molecule has 1 aromatic rings. The maximum Gasteiger partial charge on any atom is 0.230 e. The summed E-state index contributed by atoms with van der Waals surface area (Å²) in [6.07, 6.45) is 0.621. The second-order valence-electron chi connectivity index (χ2n) is 4.32. The van der Waals surface area contributed by atoms with Crippen LogP contribution in [0.25, 0.3) is 0 Å². The molecule has 0 bridgehead atoms. The van der Waals surface area contributed by atoms with Crippen LogP contribution in [0.4, 0.5) is 14.5 Å². The summed E-state index contributed by atoms with van der Waals surface area (Å²) >= 11 is 0. The fourth-order valence-electron chi connectivity index (χ4n) is 1.05. The minimum Gasteiger partial charge on any atom is -0.323 e. The lowest BCUT2D eigenvalue weighted by Gasteiger charge is -2.21. The molecule has 1 amide bonds. The van der Waals surface area contributed by atoms with Gasteiger partial charge in [-0.2, -0.15) is 0 Å². The van der Waals surface area contributed by atoms with E-state index in [1.807, 2.05) is 6.92 Å². The predicted molar refractivity (Wildman–Crippen MR) is 59.1 cm³/mol. The van der Waals surface area contributed by atoms with E-state index in [2.05, 4.69) is 5.32 Å². The van der Waals surface area contributed by atoms with Gasteiger partial charge < -0.3 is 5.32 Å². The van der Waals surface area contributed by atoms with Crippen LogP contribution in [0, 0.1) is 17.0 Å². The third-order valence-electron chi connectivity index (χ3n) is 2.68. The quantitative estimate of drug-likeness (QED) is 0.843. The van der Waals surface area contributed by atoms with Gasteiger partial charge in [0.2, 0.25) is 5.91 Å². The van der Waals surface area contributed by atoms with Crippen molar-refractivity contribution in [3.8, 4) is 0 Å². The van der Waals surface area contributed by atoms with Gasteiger partial charge in [0, 0.05) is 11.5 Å². The lowest BCUT2D eigenvalue weighted by molar-refractivity contribution is -0.124. The molecule has 0 aromatic heterocycles. The van der Waals surface area contributed by atoms with Crippen LogP contribution in [0.5, 0.6) is 0 Å². The van der Waals surface area contributed by atoms with Crippen LogP contribution in [0.2, 0.25) is 0 Å². The highest BCUT2D eigenvalue weighted by atomic mass is 19.1. The molecule has 0 aliphatic heterocycles. The van der Waals surface area contributed by atoms with Crippen molar-refractivity contribution >= 4 is 11.6 Å². The molecule has 0 aliphatic rings. The summed E-state index contributed by atoms with van der Waals surface area (Å²) in [5.41, 5.74) is -0.717.